The summed E-state index contributed by atoms with van der Waals surface area (Å²) in [7, 11) is 0. The first-order valence-electron chi connectivity index (χ1n) is 8.51. The molecule has 0 aromatic carbocycles. The first-order valence-corrected chi connectivity index (χ1v) is 9.56. The topological polar surface area (TPSA) is 15.3 Å². The van der Waals surface area contributed by atoms with Crippen LogP contribution in [0.3, 0.4) is 0 Å². The Kier molecular flexibility index (Phi) is 5.84. The zero-order valence-electron chi connectivity index (χ0n) is 14.0. The molecule has 2 rings (SSSR count). The smallest absolute Gasteiger partial charge is 0.0172 e. The van der Waals surface area contributed by atoms with E-state index in [4.69, 9.17) is 0 Å². The van der Waals surface area contributed by atoms with Crippen LogP contribution < -0.4 is 5.32 Å². The Morgan fingerprint density at radius 3 is 2.55 bits per heavy atom. The molecule has 0 radical (unpaired) electrons. The van der Waals surface area contributed by atoms with Crippen molar-refractivity contribution < 1.29 is 0 Å². The molecule has 0 aromatic rings. The van der Waals surface area contributed by atoms with Crippen LogP contribution in [-0.4, -0.2) is 47.6 Å². The van der Waals surface area contributed by atoms with Gasteiger partial charge in [0.1, 0.15) is 0 Å². The van der Waals surface area contributed by atoms with Crippen LogP contribution in [0.4, 0.5) is 0 Å². The molecule has 2 fully saturated rings. The summed E-state index contributed by atoms with van der Waals surface area (Å²) < 4.78 is 0. The Morgan fingerprint density at radius 1 is 1.25 bits per heavy atom. The average Bonchev–Trinajstić information content (AvgIpc) is 2.85. The molecule has 118 valence electrons. The van der Waals surface area contributed by atoms with Crippen LogP contribution in [-0.2, 0) is 0 Å². The molecular formula is C17H34N2S. The molecule has 1 aliphatic heterocycles. The van der Waals surface area contributed by atoms with Crippen LogP contribution in [0.1, 0.15) is 59.8 Å². The molecule has 0 bridgehead atoms. The molecule has 1 heterocycles. The minimum Gasteiger partial charge on any atom is -0.311 e. The van der Waals surface area contributed by atoms with Gasteiger partial charge in [0.05, 0.1) is 0 Å². The van der Waals surface area contributed by atoms with Crippen LogP contribution in [0.2, 0.25) is 0 Å². The minimum atomic E-state index is 0.249. The van der Waals surface area contributed by atoms with Crippen molar-refractivity contribution in [2.45, 2.75) is 70.6 Å². The minimum absolute atomic E-state index is 0.249. The van der Waals surface area contributed by atoms with Gasteiger partial charge in [0.25, 0.3) is 0 Å². The van der Waals surface area contributed by atoms with E-state index in [-0.39, 0.29) is 5.54 Å². The fourth-order valence-electron chi connectivity index (χ4n) is 3.61. The standard InChI is InChI=1S/C17H34N2S/c1-5-15-12-19(10-11-20-15)14-17(8-6-7-9-17)13-18-16(2,3)4/h15,18H,5-14H2,1-4H3. The third kappa shape index (κ3) is 4.92. The van der Waals surface area contributed by atoms with Crippen molar-refractivity contribution in [3.05, 3.63) is 0 Å². The van der Waals surface area contributed by atoms with Crippen LogP contribution in [0.5, 0.6) is 0 Å². The maximum Gasteiger partial charge on any atom is 0.0172 e. The van der Waals surface area contributed by atoms with Crippen molar-refractivity contribution in [3.8, 4) is 0 Å². The monoisotopic (exact) mass is 298 g/mol. The molecule has 0 spiro atoms. The van der Waals surface area contributed by atoms with Gasteiger partial charge in [-0.05, 0) is 45.4 Å². The van der Waals surface area contributed by atoms with Gasteiger partial charge in [-0.3, -0.25) is 0 Å². The number of nitrogens with one attached hydrogen (secondary N) is 1. The van der Waals surface area contributed by atoms with Gasteiger partial charge in [0.2, 0.25) is 0 Å². The number of hydrogen-bond acceptors (Lipinski definition) is 3. The largest absolute Gasteiger partial charge is 0.311 e. The fourth-order valence-corrected chi connectivity index (χ4v) is 4.86. The highest BCUT2D eigenvalue weighted by Crippen LogP contribution is 2.39. The van der Waals surface area contributed by atoms with E-state index in [0.29, 0.717) is 5.41 Å². The van der Waals surface area contributed by atoms with Crippen LogP contribution in [0.25, 0.3) is 0 Å². The SMILES string of the molecule is CCC1CN(CC2(CNC(C)(C)C)CCCC2)CCS1. The lowest BCUT2D eigenvalue weighted by Gasteiger charge is -2.40. The predicted molar refractivity (Wildman–Crippen MR) is 91.6 cm³/mol. The summed E-state index contributed by atoms with van der Waals surface area (Å²) in [4.78, 5) is 2.76. The average molecular weight is 299 g/mol. The number of rotatable bonds is 5. The van der Waals surface area contributed by atoms with Crippen molar-refractivity contribution in [2.24, 2.45) is 5.41 Å². The summed E-state index contributed by atoms with van der Waals surface area (Å²) in [5, 5.41) is 4.66. The van der Waals surface area contributed by atoms with E-state index in [0.717, 1.165) is 5.25 Å². The molecule has 2 aliphatic rings. The fraction of sp³-hybridized carbons (Fsp3) is 1.00. The second kappa shape index (κ2) is 7.02. The zero-order valence-corrected chi connectivity index (χ0v) is 14.8. The summed E-state index contributed by atoms with van der Waals surface area (Å²) in [5.74, 6) is 1.33. The maximum absolute atomic E-state index is 3.79. The van der Waals surface area contributed by atoms with E-state index in [1.807, 2.05) is 0 Å². The molecule has 1 saturated heterocycles. The molecule has 0 amide bonds. The molecule has 1 aliphatic carbocycles. The van der Waals surface area contributed by atoms with Crippen molar-refractivity contribution in [3.63, 3.8) is 0 Å². The lowest BCUT2D eigenvalue weighted by molar-refractivity contribution is 0.142. The van der Waals surface area contributed by atoms with E-state index in [2.05, 4.69) is 49.7 Å². The van der Waals surface area contributed by atoms with E-state index >= 15 is 0 Å². The summed E-state index contributed by atoms with van der Waals surface area (Å²) in [6.45, 7) is 14.4. The number of nitrogens with zero attached hydrogens (tertiary/aromatic N) is 1. The molecule has 2 nitrogen and oxygen atoms in total. The number of hydrogen-bond donors (Lipinski definition) is 1. The number of thioether (sulfide) groups is 1. The Bertz CT molecular complexity index is 292. The Morgan fingerprint density at radius 2 is 1.95 bits per heavy atom. The van der Waals surface area contributed by atoms with Crippen molar-refractivity contribution in [2.75, 3.05) is 31.9 Å². The van der Waals surface area contributed by atoms with E-state index in [1.54, 1.807) is 0 Å². The maximum atomic E-state index is 3.79. The lowest BCUT2D eigenvalue weighted by Crippen LogP contribution is -2.50. The molecule has 1 saturated carbocycles. The molecule has 1 N–H and O–H groups in total. The third-order valence-electron chi connectivity index (χ3n) is 4.90. The molecule has 0 aromatic heterocycles. The first kappa shape index (κ1) is 16.6. The third-order valence-corrected chi connectivity index (χ3v) is 6.27. The van der Waals surface area contributed by atoms with Gasteiger partial charge in [-0.1, -0.05) is 19.8 Å². The highest BCUT2D eigenvalue weighted by Gasteiger charge is 2.37. The Labute approximate surface area is 130 Å². The predicted octanol–water partition coefficient (Wildman–Crippen LogP) is 3.76. The summed E-state index contributed by atoms with van der Waals surface area (Å²) in [6, 6.07) is 0. The van der Waals surface area contributed by atoms with E-state index in [1.165, 1.54) is 64.0 Å². The van der Waals surface area contributed by atoms with Crippen LogP contribution in [0.15, 0.2) is 0 Å². The molecule has 3 heteroatoms. The van der Waals surface area contributed by atoms with Crippen molar-refractivity contribution >= 4 is 11.8 Å². The summed E-state index contributed by atoms with van der Waals surface area (Å²) in [6.07, 6.45) is 7.05. The zero-order chi connectivity index (χ0) is 14.6. The summed E-state index contributed by atoms with van der Waals surface area (Å²) >= 11 is 2.18. The van der Waals surface area contributed by atoms with Crippen LogP contribution >= 0.6 is 11.8 Å². The molecule has 20 heavy (non-hydrogen) atoms. The second-order valence-electron chi connectivity index (χ2n) is 7.95. The van der Waals surface area contributed by atoms with E-state index < -0.39 is 0 Å². The Hall–Kier alpha value is 0.270. The van der Waals surface area contributed by atoms with Crippen molar-refractivity contribution in [1.82, 2.24) is 10.2 Å². The van der Waals surface area contributed by atoms with Crippen molar-refractivity contribution in [1.29, 1.82) is 0 Å². The van der Waals surface area contributed by atoms with E-state index in [9.17, 15) is 0 Å². The van der Waals surface area contributed by atoms with Gasteiger partial charge >= 0.3 is 0 Å². The van der Waals surface area contributed by atoms with Gasteiger partial charge in [-0.2, -0.15) is 11.8 Å². The Balaban J connectivity index is 1.91. The quantitative estimate of drug-likeness (QED) is 0.832. The molecular weight excluding hydrogens is 264 g/mol. The summed E-state index contributed by atoms with van der Waals surface area (Å²) in [5.41, 5.74) is 0.798. The van der Waals surface area contributed by atoms with Gasteiger partial charge in [0, 0.05) is 42.7 Å². The van der Waals surface area contributed by atoms with Gasteiger partial charge in [0.15, 0.2) is 0 Å². The molecule has 1 atom stereocenters. The highest BCUT2D eigenvalue weighted by molar-refractivity contribution is 8.00. The van der Waals surface area contributed by atoms with Crippen LogP contribution in [0, 0.1) is 5.41 Å². The second-order valence-corrected chi connectivity index (χ2v) is 9.36. The molecule has 1 unspecified atom stereocenters. The highest BCUT2D eigenvalue weighted by atomic mass is 32.2. The van der Waals surface area contributed by atoms with Gasteiger partial charge in [-0.15, -0.1) is 0 Å². The van der Waals surface area contributed by atoms with Gasteiger partial charge < -0.3 is 10.2 Å². The first-order chi connectivity index (χ1) is 9.42. The lowest BCUT2D eigenvalue weighted by atomic mass is 9.84. The van der Waals surface area contributed by atoms with Gasteiger partial charge in [-0.25, -0.2) is 0 Å². The normalized spacial score (nSPS) is 27.9.